The number of aromatic amines is 1. The normalized spacial score (nSPS) is 13.9. The first-order valence-electron chi connectivity index (χ1n) is 9.25. The second kappa shape index (κ2) is 6.02. The Balaban J connectivity index is 1.63. The number of rotatable bonds is 3. The van der Waals surface area contributed by atoms with Crippen LogP contribution in [0.15, 0.2) is 41.7 Å². The molecule has 4 aromatic rings. The van der Waals surface area contributed by atoms with Crippen molar-refractivity contribution in [3.8, 4) is 22.7 Å². The van der Waals surface area contributed by atoms with Crippen molar-refractivity contribution in [1.82, 2.24) is 24.5 Å². The van der Waals surface area contributed by atoms with E-state index < -0.39 is 0 Å². The van der Waals surface area contributed by atoms with E-state index in [4.69, 9.17) is 0 Å². The minimum absolute atomic E-state index is 0.148. The van der Waals surface area contributed by atoms with Crippen LogP contribution < -0.4 is 5.56 Å². The van der Waals surface area contributed by atoms with Crippen LogP contribution in [0.3, 0.4) is 0 Å². The second-order valence-corrected chi connectivity index (χ2v) is 7.34. The zero-order valence-corrected chi connectivity index (χ0v) is 15.6. The minimum Gasteiger partial charge on any atom is -0.508 e. The maximum Gasteiger partial charge on any atom is 0.267 e. The number of benzene rings is 1. The summed E-state index contributed by atoms with van der Waals surface area (Å²) < 4.78 is 1.48. The van der Waals surface area contributed by atoms with Crippen molar-refractivity contribution < 1.29 is 5.11 Å². The zero-order valence-electron chi connectivity index (χ0n) is 15.6. The summed E-state index contributed by atoms with van der Waals surface area (Å²) in [7, 11) is 0. The van der Waals surface area contributed by atoms with Crippen LogP contribution >= 0.6 is 0 Å². The van der Waals surface area contributed by atoms with Gasteiger partial charge in [-0.15, -0.1) is 0 Å². The third-order valence-corrected chi connectivity index (χ3v) is 5.32. The molecule has 0 bridgehead atoms. The predicted octanol–water partition coefficient (Wildman–Crippen LogP) is 3.37. The standard InChI is InChI=1S/C21H19N5O2/c1-11-3-6-17(27)12(2)18(11)26-10-24-20-15(21(26)28)7-16(25-20)14-8-22-19(23-9-14)13-4-5-13/h3,6-10,13,25,27H,4-5H2,1-2H3. The molecule has 0 spiro atoms. The SMILES string of the molecule is Cc1ccc(O)c(C)c1-n1cnc2[nH]c(-c3cnc(C4CC4)nc3)cc2c1=O. The summed E-state index contributed by atoms with van der Waals surface area (Å²) in [5.74, 6) is 1.53. The number of aryl methyl sites for hydroxylation is 1. The molecule has 1 saturated carbocycles. The molecule has 1 aliphatic carbocycles. The van der Waals surface area contributed by atoms with Crippen LogP contribution in [-0.2, 0) is 0 Å². The first-order chi connectivity index (χ1) is 13.5. The van der Waals surface area contributed by atoms with Gasteiger partial charge in [0.2, 0.25) is 0 Å². The molecule has 1 aromatic carbocycles. The van der Waals surface area contributed by atoms with E-state index in [0.29, 0.717) is 28.2 Å². The number of aromatic hydroxyl groups is 1. The van der Waals surface area contributed by atoms with E-state index in [1.807, 2.05) is 6.92 Å². The van der Waals surface area contributed by atoms with Crippen LogP contribution in [-0.4, -0.2) is 29.6 Å². The van der Waals surface area contributed by atoms with Gasteiger partial charge in [-0.25, -0.2) is 15.0 Å². The smallest absolute Gasteiger partial charge is 0.267 e. The molecule has 3 aromatic heterocycles. The third-order valence-electron chi connectivity index (χ3n) is 5.32. The molecule has 3 heterocycles. The van der Waals surface area contributed by atoms with Crippen molar-refractivity contribution in [3.63, 3.8) is 0 Å². The third kappa shape index (κ3) is 2.58. The highest BCUT2D eigenvalue weighted by Crippen LogP contribution is 2.38. The number of hydrogen-bond acceptors (Lipinski definition) is 5. The largest absolute Gasteiger partial charge is 0.508 e. The first kappa shape index (κ1) is 16.7. The summed E-state index contributed by atoms with van der Waals surface area (Å²) in [4.78, 5) is 29.6. The van der Waals surface area contributed by atoms with Crippen LogP contribution in [0.1, 0.15) is 35.7 Å². The average molecular weight is 373 g/mol. The topological polar surface area (TPSA) is 96.7 Å². The molecule has 0 radical (unpaired) electrons. The lowest BCUT2D eigenvalue weighted by Gasteiger charge is -2.13. The van der Waals surface area contributed by atoms with Gasteiger partial charge < -0.3 is 10.1 Å². The number of aromatic nitrogens is 5. The van der Waals surface area contributed by atoms with E-state index in [0.717, 1.165) is 35.5 Å². The zero-order chi connectivity index (χ0) is 19.4. The van der Waals surface area contributed by atoms with Crippen molar-refractivity contribution in [2.24, 2.45) is 0 Å². The Morgan fingerprint density at radius 3 is 2.61 bits per heavy atom. The Labute approximate surface area is 160 Å². The summed E-state index contributed by atoms with van der Waals surface area (Å²) in [6.45, 7) is 3.69. The van der Waals surface area contributed by atoms with Crippen LogP contribution in [0.5, 0.6) is 5.75 Å². The summed E-state index contributed by atoms with van der Waals surface area (Å²) in [5, 5.41) is 10.5. The van der Waals surface area contributed by atoms with E-state index in [2.05, 4.69) is 19.9 Å². The Morgan fingerprint density at radius 2 is 1.89 bits per heavy atom. The van der Waals surface area contributed by atoms with Gasteiger partial charge in [0.05, 0.1) is 16.8 Å². The van der Waals surface area contributed by atoms with E-state index in [9.17, 15) is 9.90 Å². The molecule has 2 N–H and O–H groups in total. The van der Waals surface area contributed by atoms with Gasteiger partial charge in [-0.2, -0.15) is 0 Å². The van der Waals surface area contributed by atoms with Gasteiger partial charge in [-0.3, -0.25) is 9.36 Å². The molecule has 140 valence electrons. The van der Waals surface area contributed by atoms with Gasteiger partial charge in [0.25, 0.3) is 5.56 Å². The fourth-order valence-electron chi connectivity index (χ4n) is 3.55. The molecule has 0 unspecified atom stereocenters. The fraction of sp³-hybridized carbons (Fsp3) is 0.238. The maximum absolute atomic E-state index is 13.1. The summed E-state index contributed by atoms with van der Waals surface area (Å²) >= 11 is 0. The lowest BCUT2D eigenvalue weighted by Crippen LogP contribution is -2.20. The number of nitrogens with one attached hydrogen (secondary N) is 1. The Morgan fingerprint density at radius 1 is 1.14 bits per heavy atom. The summed E-state index contributed by atoms with van der Waals surface area (Å²) in [5.41, 5.74) is 4.07. The highest BCUT2D eigenvalue weighted by molar-refractivity contribution is 5.82. The average Bonchev–Trinajstić information content (AvgIpc) is 3.46. The molecule has 28 heavy (non-hydrogen) atoms. The summed E-state index contributed by atoms with van der Waals surface area (Å²) in [6.07, 6.45) is 7.37. The second-order valence-electron chi connectivity index (χ2n) is 7.34. The molecule has 0 amide bonds. The van der Waals surface area contributed by atoms with Crippen molar-refractivity contribution >= 4 is 11.0 Å². The van der Waals surface area contributed by atoms with Gasteiger partial charge >= 0.3 is 0 Å². The van der Waals surface area contributed by atoms with Gasteiger partial charge in [0.15, 0.2) is 0 Å². The fourth-order valence-corrected chi connectivity index (χ4v) is 3.55. The van der Waals surface area contributed by atoms with Crippen molar-refractivity contribution in [3.05, 3.63) is 64.2 Å². The van der Waals surface area contributed by atoms with E-state index >= 15 is 0 Å². The van der Waals surface area contributed by atoms with E-state index in [-0.39, 0.29) is 11.3 Å². The highest BCUT2D eigenvalue weighted by atomic mass is 16.3. The van der Waals surface area contributed by atoms with Crippen molar-refractivity contribution in [2.75, 3.05) is 0 Å². The lowest BCUT2D eigenvalue weighted by atomic mass is 10.1. The van der Waals surface area contributed by atoms with Crippen molar-refractivity contribution in [1.29, 1.82) is 0 Å². The molecular formula is C21H19N5O2. The molecule has 1 aliphatic rings. The van der Waals surface area contributed by atoms with E-state index in [1.54, 1.807) is 37.5 Å². The molecule has 7 heteroatoms. The summed E-state index contributed by atoms with van der Waals surface area (Å²) in [6, 6.07) is 5.20. The van der Waals surface area contributed by atoms with Gasteiger partial charge in [-0.05, 0) is 44.4 Å². The van der Waals surface area contributed by atoms with Crippen LogP contribution in [0, 0.1) is 13.8 Å². The van der Waals surface area contributed by atoms with Gasteiger partial charge in [0, 0.05) is 29.4 Å². The Hall–Kier alpha value is -3.48. The maximum atomic E-state index is 13.1. The minimum atomic E-state index is -0.195. The predicted molar refractivity (Wildman–Crippen MR) is 106 cm³/mol. The molecule has 0 saturated heterocycles. The number of hydrogen-bond donors (Lipinski definition) is 2. The number of fused-ring (bicyclic) bond motifs is 1. The first-order valence-corrected chi connectivity index (χ1v) is 9.25. The molecular weight excluding hydrogens is 354 g/mol. The molecule has 1 fully saturated rings. The van der Waals surface area contributed by atoms with Crippen LogP contribution in [0.2, 0.25) is 0 Å². The number of nitrogens with zero attached hydrogens (tertiary/aromatic N) is 4. The molecule has 0 aliphatic heterocycles. The number of phenols is 1. The Bertz CT molecular complexity index is 1270. The molecule has 7 nitrogen and oxygen atoms in total. The van der Waals surface area contributed by atoms with Crippen LogP contribution in [0.25, 0.3) is 28.0 Å². The monoisotopic (exact) mass is 373 g/mol. The van der Waals surface area contributed by atoms with Gasteiger partial charge in [0.1, 0.15) is 23.5 Å². The molecule has 5 rings (SSSR count). The number of phenolic OH excluding ortho intramolecular Hbond substituents is 1. The number of H-pyrrole nitrogens is 1. The highest BCUT2D eigenvalue weighted by Gasteiger charge is 2.26. The van der Waals surface area contributed by atoms with E-state index in [1.165, 1.54) is 10.9 Å². The lowest BCUT2D eigenvalue weighted by molar-refractivity contribution is 0.470. The quantitative estimate of drug-likeness (QED) is 0.574. The Kier molecular flexibility index (Phi) is 3.58. The van der Waals surface area contributed by atoms with Crippen LogP contribution in [0.4, 0.5) is 0 Å². The molecule has 0 atom stereocenters. The van der Waals surface area contributed by atoms with Gasteiger partial charge in [-0.1, -0.05) is 6.07 Å². The van der Waals surface area contributed by atoms with Crippen molar-refractivity contribution in [2.45, 2.75) is 32.6 Å².